The van der Waals surface area contributed by atoms with Gasteiger partial charge in [0.05, 0.1) is 0 Å². The molecule has 0 aliphatic rings. The Morgan fingerprint density at radius 3 is 2.54 bits per heavy atom. The molecule has 0 aromatic heterocycles. The fourth-order valence-corrected chi connectivity index (χ4v) is 1.00. The van der Waals surface area contributed by atoms with Gasteiger partial charge < -0.3 is 15.8 Å². The van der Waals surface area contributed by atoms with Crippen molar-refractivity contribution in [2.24, 2.45) is 11.1 Å². The van der Waals surface area contributed by atoms with Crippen molar-refractivity contribution in [1.82, 2.24) is 5.32 Å². The highest BCUT2D eigenvalue weighted by Gasteiger charge is 2.17. The predicted molar refractivity (Wildman–Crippen MR) is 56.8 cm³/mol. The monoisotopic (exact) mass is 188 g/mol. The van der Waals surface area contributed by atoms with E-state index in [4.69, 9.17) is 10.5 Å². The van der Waals surface area contributed by atoms with E-state index in [-0.39, 0.29) is 0 Å². The lowest BCUT2D eigenvalue weighted by Crippen LogP contribution is -2.39. The Bertz CT molecular complexity index is 126. The van der Waals surface area contributed by atoms with Gasteiger partial charge in [0.2, 0.25) is 0 Å². The van der Waals surface area contributed by atoms with Crippen LogP contribution in [0.4, 0.5) is 0 Å². The van der Waals surface area contributed by atoms with E-state index < -0.39 is 0 Å². The Balaban J connectivity index is 3.61. The van der Waals surface area contributed by atoms with E-state index in [1.165, 1.54) is 0 Å². The van der Waals surface area contributed by atoms with E-state index in [0.717, 1.165) is 19.6 Å². The number of rotatable bonds is 7. The highest BCUT2D eigenvalue weighted by Crippen LogP contribution is 2.18. The van der Waals surface area contributed by atoms with Crippen molar-refractivity contribution in [3.05, 3.63) is 0 Å². The Kier molecular flexibility index (Phi) is 6.29. The van der Waals surface area contributed by atoms with Crippen LogP contribution in [0.15, 0.2) is 0 Å². The van der Waals surface area contributed by atoms with Crippen LogP contribution in [0.2, 0.25) is 0 Å². The zero-order chi connectivity index (χ0) is 10.3. The summed E-state index contributed by atoms with van der Waals surface area (Å²) in [5.41, 5.74) is 5.81. The van der Waals surface area contributed by atoms with Crippen LogP contribution in [-0.4, -0.2) is 32.8 Å². The molecule has 1 atom stereocenters. The molecule has 3 nitrogen and oxygen atoms in total. The molecular weight excluding hydrogens is 164 g/mol. The lowest BCUT2D eigenvalue weighted by molar-refractivity contribution is 0.149. The third-order valence-electron chi connectivity index (χ3n) is 2.27. The molecule has 0 amide bonds. The van der Waals surface area contributed by atoms with Crippen molar-refractivity contribution < 1.29 is 4.74 Å². The molecular formula is C10H24N2O. The molecule has 0 rings (SSSR count). The summed E-state index contributed by atoms with van der Waals surface area (Å²) in [6.07, 6.45) is 1.08. The first-order valence-electron chi connectivity index (χ1n) is 4.94. The van der Waals surface area contributed by atoms with E-state index in [1.54, 1.807) is 7.11 Å². The molecule has 1 unspecified atom stereocenters. The van der Waals surface area contributed by atoms with E-state index in [9.17, 15) is 0 Å². The van der Waals surface area contributed by atoms with Gasteiger partial charge >= 0.3 is 0 Å². The highest BCUT2D eigenvalue weighted by atomic mass is 16.5. The molecule has 0 aromatic rings. The molecule has 3 heteroatoms. The average molecular weight is 188 g/mol. The minimum absolute atomic E-state index is 0.291. The number of nitrogens with one attached hydrogen (secondary N) is 1. The SMILES string of the molecule is COCCC(C)(C)CNC(C)CN. The topological polar surface area (TPSA) is 47.3 Å². The molecule has 0 spiro atoms. The smallest absolute Gasteiger partial charge is 0.0467 e. The predicted octanol–water partition coefficient (Wildman–Crippen LogP) is 0.986. The molecule has 0 aliphatic heterocycles. The van der Waals surface area contributed by atoms with E-state index >= 15 is 0 Å². The number of nitrogens with two attached hydrogens (primary N) is 1. The van der Waals surface area contributed by atoms with E-state index in [0.29, 0.717) is 18.0 Å². The fraction of sp³-hybridized carbons (Fsp3) is 1.00. The standard InChI is InChI=1S/C10H24N2O/c1-9(7-11)12-8-10(2,3)5-6-13-4/h9,12H,5-8,11H2,1-4H3. The van der Waals surface area contributed by atoms with E-state index in [1.807, 2.05) is 0 Å². The third-order valence-corrected chi connectivity index (χ3v) is 2.27. The normalized spacial score (nSPS) is 14.5. The minimum Gasteiger partial charge on any atom is -0.385 e. The Labute approximate surface area is 82.0 Å². The number of ether oxygens (including phenoxy) is 1. The van der Waals surface area contributed by atoms with Crippen LogP contribution in [0.5, 0.6) is 0 Å². The average Bonchev–Trinajstić information content (AvgIpc) is 2.11. The van der Waals surface area contributed by atoms with Gasteiger partial charge in [0.15, 0.2) is 0 Å². The summed E-state index contributed by atoms with van der Waals surface area (Å²) in [6.45, 7) is 9.09. The van der Waals surface area contributed by atoms with Crippen molar-refractivity contribution in [1.29, 1.82) is 0 Å². The van der Waals surface area contributed by atoms with Gasteiger partial charge in [-0.05, 0) is 18.8 Å². The molecule has 0 radical (unpaired) electrons. The van der Waals surface area contributed by atoms with Gasteiger partial charge in [0.25, 0.3) is 0 Å². The molecule has 0 heterocycles. The molecule has 0 saturated heterocycles. The van der Waals surface area contributed by atoms with Gasteiger partial charge in [-0.25, -0.2) is 0 Å². The maximum atomic E-state index is 5.51. The highest BCUT2D eigenvalue weighted by molar-refractivity contribution is 4.73. The quantitative estimate of drug-likeness (QED) is 0.626. The summed E-state index contributed by atoms with van der Waals surface area (Å²) in [6, 6.07) is 0.404. The Hall–Kier alpha value is -0.120. The second-order valence-electron chi connectivity index (χ2n) is 4.42. The van der Waals surface area contributed by atoms with E-state index in [2.05, 4.69) is 26.1 Å². The summed E-state index contributed by atoms with van der Waals surface area (Å²) in [7, 11) is 1.74. The first-order chi connectivity index (χ1) is 6.02. The van der Waals surface area contributed by atoms with Crippen LogP contribution >= 0.6 is 0 Å². The molecule has 0 fully saturated rings. The van der Waals surface area contributed by atoms with Crippen LogP contribution in [0.1, 0.15) is 27.2 Å². The first kappa shape index (κ1) is 12.9. The van der Waals surface area contributed by atoms with Gasteiger partial charge in [-0.1, -0.05) is 13.8 Å². The van der Waals surface area contributed by atoms with Crippen molar-refractivity contribution in [3.8, 4) is 0 Å². The van der Waals surface area contributed by atoms with Crippen molar-refractivity contribution in [2.45, 2.75) is 33.2 Å². The van der Waals surface area contributed by atoms with Gasteiger partial charge in [0.1, 0.15) is 0 Å². The Morgan fingerprint density at radius 2 is 2.08 bits per heavy atom. The molecule has 0 aliphatic carbocycles. The maximum absolute atomic E-state index is 5.51. The number of methoxy groups -OCH3 is 1. The lowest BCUT2D eigenvalue weighted by atomic mass is 9.89. The van der Waals surface area contributed by atoms with Gasteiger partial charge in [0, 0.05) is 32.8 Å². The molecule has 0 aromatic carbocycles. The maximum Gasteiger partial charge on any atom is 0.0467 e. The summed E-state index contributed by atoms with van der Waals surface area (Å²) >= 11 is 0. The summed E-state index contributed by atoms with van der Waals surface area (Å²) in [4.78, 5) is 0. The third kappa shape index (κ3) is 6.99. The second-order valence-corrected chi connectivity index (χ2v) is 4.42. The first-order valence-corrected chi connectivity index (χ1v) is 4.94. The fourth-order valence-electron chi connectivity index (χ4n) is 1.00. The molecule has 80 valence electrons. The minimum atomic E-state index is 0.291. The zero-order valence-corrected chi connectivity index (χ0v) is 9.39. The summed E-state index contributed by atoms with van der Waals surface area (Å²) in [5, 5.41) is 3.40. The Morgan fingerprint density at radius 1 is 1.46 bits per heavy atom. The lowest BCUT2D eigenvalue weighted by Gasteiger charge is -2.26. The summed E-state index contributed by atoms with van der Waals surface area (Å²) < 4.78 is 5.06. The summed E-state index contributed by atoms with van der Waals surface area (Å²) in [5.74, 6) is 0. The van der Waals surface area contributed by atoms with Crippen molar-refractivity contribution in [2.75, 3.05) is 26.8 Å². The molecule has 0 bridgehead atoms. The van der Waals surface area contributed by atoms with Crippen LogP contribution in [0, 0.1) is 5.41 Å². The zero-order valence-electron chi connectivity index (χ0n) is 9.39. The van der Waals surface area contributed by atoms with Crippen LogP contribution in [-0.2, 0) is 4.74 Å². The largest absolute Gasteiger partial charge is 0.385 e. The van der Waals surface area contributed by atoms with Crippen molar-refractivity contribution >= 4 is 0 Å². The second kappa shape index (κ2) is 6.35. The van der Waals surface area contributed by atoms with Crippen LogP contribution in [0.25, 0.3) is 0 Å². The number of hydrogen-bond acceptors (Lipinski definition) is 3. The number of hydrogen-bond donors (Lipinski definition) is 2. The molecule has 13 heavy (non-hydrogen) atoms. The molecule has 0 saturated carbocycles. The van der Waals surface area contributed by atoms with Gasteiger partial charge in [-0.2, -0.15) is 0 Å². The molecule has 3 N–H and O–H groups in total. The van der Waals surface area contributed by atoms with Gasteiger partial charge in [-0.3, -0.25) is 0 Å². The van der Waals surface area contributed by atoms with Crippen molar-refractivity contribution in [3.63, 3.8) is 0 Å². The van der Waals surface area contributed by atoms with Crippen LogP contribution < -0.4 is 11.1 Å². The van der Waals surface area contributed by atoms with Crippen LogP contribution in [0.3, 0.4) is 0 Å². The van der Waals surface area contributed by atoms with Gasteiger partial charge in [-0.15, -0.1) is 0 Å².